The summed E-state index contributed by atoms with van der Waals surface area (Å²) < 4.78 is 19.5. The fourth-order valence-electron chi connectivity index (χ4n) is 3.43. The highest BCUT2D eigenvalue weighted by Gasteiger charge is 2.36. The topological polar surface area (TPSA) is 87.9 Å². The Bertz CT molecular complexity index is 1200. The first kappa shape index (κ1) is 16.9. The maximum absolute atomic E-state index is 14.1. The summed E-state index contributed by atoms with van der Waals surface area (Å²) in [6.45, 7) is 0.246. The minimum atomic E-state index is -0.504. The number of anilines is 1. The largest absolute Gasteiger partial charge is 0.332 e. The van der Waals surface area contributed by atoms with Gasteiger partial charge in [-0.05, 0) is 24.3 Å². The Morgan fingerprint density at radius 1 is 1.25 bits per heavy atom. The Morgan fingerprint density at radius 2 is 2.11 bits per heavy atom. The predicted molar refractivity (Wildman–Crippen MR) is 101 cm³/mol. The lowest BCUT2D eigenvalue weighted by Gasteiger charge is -2.17. The van der Waals surface area contributed by atoms with Gasteiger partial charge in [0.25, 0.3) is 5.89 Å². The number of halogens is 2. The summed E-state index contributed by atoms with van der Waals surface area (Å²) in [4.78, 5) is 18.2. The number of hydrogen-bond acceptors (Lipinski definition) is 5. The van der Waals surface area contributed by atoms with E-state index >= 15 is 0 Å². The molecule has 4 aromatic rings. The second-order valence-corrected chi connectivity index (χ2v) is 7.01. The van der Waals surface area contributed by atoms with Crippen molar-refractivity contribution in [3.05, 3.63) is 59.1 Å². The zero-order chi connectivity index (χ0) is 19.3. The Hall–Kier alpha value is -3.26. The van der Waals surface area contributed by atoms with Gasteiger partial charge in [-0.3, -0.25) is 9.89 Å². The first-order valence-corrected chi connectivity index (χ1v) is 9.00. The van der Waals surface area contributed by atoms with Gasteiger partial charge in [0.1, 0.15) is 5.82 Å². The van der Waals surface area contributed by atoms with Crippen molar-refractivity contribution >= 4 is 34.1 Å². The summed E-state index contributed by atoms with van der Waals surface area (Å²) >= 11 is 5.95. The van der Waals surface area contributed by atoms with Crippen LogP contribution in [0.25, 0.3) is 22.5 Å². The molecule has 1 amide bonds. The Balaban J connectivity index is 1.44. The van der Waals surface area contributed by atoms with Gasteiger partial charge in [-0.15, -0.1) is 0 Å². The molecule has 1 aliphatic rings. The molecule has 1 atom stereocenters. The van der Waals surface area contributed by atoms with Crippen LogP contribution in [0.4, 0.5) is 10.1 Å². The van der Waals surface area contributed by atoms with Crippen LogP contribution in [-0.2, 0) is 4.79 Å². The fraction of sp³-hybridized carbons (Fsp3) is 0.158. The zero-order valence-corrected chi connectivity index (χ0v) is 15.2. The fourth-order valence-corrected chi connectivity index (χ4v) is 3.60. The van der Waals surface area contributed by atoms with Crippen molar-refractivity contribution in [1.82, 2.24) is 20.3 Å². The van der Waals surface area contributed by atoms with Gasteiger partial charge in [0, 0.05) is 29.3 Å². The molecule has 28 heavy (non-hydrogen) atoms. The first-order valence-electron chi connectivity index (χ1n) is 8.62. The molecule has 1 N–H and O–H groups in total. The number of nitrogens with zero attached hydrogens (tertiary/aromatic N) is 4. The van der Waals surface area contributed by atoms with Gasteiger partial charge in [0.15, 0.2) is 11.5 Å². The summed E-state index contributed by atoms with van der Waals surface area (Å²) in [6, 6.07) is 11.7. The van der Waals surface area contributed by atoms with E-state index in [0.717, 1.165) is 10.9 Å². The van der Waals surface area contributed by atoms with Crippen LogP contribution in [0.2, 0.25) is 5.02 Å². The van der Waals surface area contributed by atoms with E-state index < -0.39 is 5.82 Å². The lowest BCUT2D eigenvalue weighted by molar-refractivity contribution is -0.117. The van der Waals surface area contributed by atoms with Crippen molar-refractivity contribution in [2.24, 2.45) is 0 Å². The molecule has 2 aromatic heterocycles. The third-order valence-electron chi connectivity index (χ3n) is 4.80. The Kier molecular flexibility index (Phi) is 3.87. The minimum absolute atomic E-state index is 0.155. The number of amides is 1. The number of H-pyrrole nitrogens is 1. The van der Waals surface area contributed by atoms with Gasteiger partial charge in [-0.25, -0.2) is 4.39 Å². The van der Waals surface area contributed by atoms with Gasteiger partial charge in [-0.2, -0.15) is 10.1 Å². The molecule has 140 valence electrons. The van der Waals surface area contributed by atoms with E-state index in [1.54, 1.807) is 0 Å². The zero-order valence-electron chi connectivity index (χ0n) is 14.4. The number of nitrogens with one attached hydrogen (secondary N) is 1. The maximum Gasteiger partial charge on any atom is 0.279 e. The average Bonchev–Trinajstić information content (AvgIpc) is 3.41. The highest BCUT2D eigenvalue weighted by atomic mass is 35.5. The van der Waals surface area contributed by atoms with Crippen molar-refractivity contribution < 1.29 is 13.7 Å². The molecular weight excluding hydrogens is 385 g/mol. The molecule has 0 aliphatic carbocycles. The molecule has 0 radical (unpaired) electrons. The van der Waals surface area contributed by atoms with E-state index in [1.165, 1.54) is 23.1 Å². The molecule has 7 nitrogen and oxygen atoms in total. The third-order valence-corrected chi connectivity index (χ3v) is 5.04. The number of carbonyl (C=O) groups is 1. The summed E-state index contributed by atoms with van der Waals surface area (Å²) in [5.41, 5.74) is 1.56. The summed E-state index contributed by atoms with van der Waals surface area (Å²) in [5.74, 6) is -0.376. The lowest BCUT2D eigenvalue weighted by Crippen LogP contribution is -2.25. The van der Waals surface area contributed by atoms with Crippen LogP contribution in [0, 0.1) is 5.82 Å². The van der Waals surface area contributed by atoms with Crippen molar-refractivity contribution in [3.63, 3.8) is 0 Å². The molecule has 0 saturated carbocycles. The molecule has 0 spiro atoms. The average molecular weight is 398 g/mol. The van der Waals surface area contributed by atoms with Crippen LogP contribution in [-0.4, -0.2) is 32.8 Å². The third kappa shape index (κ3) is 2.73. The summed E-state index contributed by atoms with van der Waals surface area (Å²) in [5, 5.41) is 12.4. The minimum Gasteiger partial charge on any atom is -0.332 e. The maximum atomic E-state index is 14.1. The molecule has 0 bridgehead atoms. The van der Waals surface area contributed by atoms with Gasteiger partial charge in [-0.1, -0.05) is 35.0 Å². The van der Waals surface area contributed by atoms with Crippen LogP contribution < -0.4 is 4.90 Å². The van der Waals surface area contributed by atoms with Gasteiger partial charge in [0.2, 0.25) is 5.91 Å². The van der Waals surface area contributed by atoms with Crippen LogP contribution in [0.3, 0.4) is 0 Å². The molecule has 9 heteroatoms. The van der Waals surface area contributed by atoms with E-state index in [-0.39, 0.29) is 36.4 Å². The molecule has 2 aromatic carbocycles. The van der Waals surface area contributed by atoms with Crippen LogP contribution in [0.15, 0.2) is 47.0 Å². The van der Waals surface area contributed by atoms with E-state index in [1.807, 2.05) is 24.3 Å². The SMILES string of the molecule is O=C1CC(c2noc(-c3n[nH]c4ccccc34)n2)CN1c1cc(Cl)ccc1F. The highest BCUT2D eigenvalue weighted by molar-refractivity contribution is 6.31. The molecule has 5 rings (SSSR count). The van der Waals surface area contributed by atoms with E-state index in [0.29, 0.717) is 16.5 Å². The summed E-state index contributed by atoms with van der Waals surface area (Å²) in [7, 11) is 0. The van der Waals surface area contributed by atoms with Gasteiger partial charge >= 0.3 is 0 Å². The van der Waals surface area contributed by atoms with Crippen molar-refractivity contribution in [2.75, 3.05) is 11.4 Å². The van der Waals surface area contributed by atoms with E-state index in [4.69, 9.17) is 16.1 Å². The lowest BCUT2D eigenvalue weighted by atomic mass is 10.1. The number of hydrogen-bond donors (Lipinski definition) is 1. The number of aromatic nitrogens is 4. The Labute approximate surface area is 163 Å². The normalized spacial score (nSPS) is 17.0. The van der Waals surface area contributed by atoms with Gasteiger partial charge < -0.3 is 9.42 Å². The molecule has 1 aliphatic heterocycles. The van der Waals surface area contributed by atoms with E-state index in [2.05, 4.69) is 20.3 Å². The molecule has 1 unspecified atom stereocenters. The number of rotatable bonds is 3. The molecule has 1 fully saturated rings. The van der Waals surface area contributed by atoms with Crippen molar-refractivity contribution in [3.8, 4) is 11.6 Å². The first-order chi connectivity index (χ1) is 13.6. The van der Waals surface area contributed by atoms with E-state index in [9.17, 15) is 9.18 Å². The molecule has 3 heterocycles. The summed E-state index contributed by atoms with van der Waals surface area (Å²) in [6.07, 6.45) is 0.159. The molecule has 1 saturated heterocycles. The van der Waals surface area contributed by atoms with Gasteiger partial charge in [0.05, 0.1) is 11.2 Å². The second-order valence-electron chi connectivity index (χ2n) is 6.58. The number of carbonyl (C=O) groups excluding carboxylic acids is 1. The number of fused-ring (bicyclic) bond motifs is 1. The molecular formula is C19H13ClFN5O2. The smallest absolute Gasteiger partial charge is 0.279 e. The van der Waals surface area contributed by atoms with Crippen LogP contribution in [0.5, 0.6) is 0 Å². The number of para-hydroxylation sites is 1. The standard InChI is InChI=1S/C19H13ClFN5O2/c20-11-5-6-13(21)15(8-11)26-9-10(7-16(26)27)18-22-19(28-25-18)17-12-3-1-2-4-14(12)23-24-17/h1-6,8,10H,7,9H2,(H,23,24). The quantitative estimate of drug-likeness (QED) is 0.566. The second kappa shape index (κ2) is 6.42. The predicted octanol–water partition coefficient (Wildman–Crippen LogP) is 3.93. The van der Waals surface area contributed by atoms with Crippen LogP contribution >= 0.6 is 11.6 Å². The van der Waals surface area contributed by atoms with Crippen molar-refractivity contribution in [2.45, 2.75) is 12.3 Å². The Morgan fingerprint density at radius 3 is 3.00 bits per heavy atom. The monoisotopic (exact) mass is 397 g/mol. The van der Waals surface area contributed by atoms with Crippen LogP contribution in [0.1, 0.15) is 18.2 Å². The van der Waals surface area contributed by atoms with Crippen molar-refractivity contribution in [1.29, 1.82) is 0 Å². The number of aromatic amines is 1. The highest BCUT2D eigenvalue weighted by Crippen LogP contribution is 2.34. The number of benzene rings is 2.